The molecule has 22 heavy (non-hydrogen) atoms. The molecule has 2 rings (SSSR count). The van der Waals surface area contributed by atoms with E-state index in [1.165, 1.54) is 0 Å². The van der Waals surface area contributed by atoms with E-state index in [2.05, 4.69) is 0 Å². The normalized spacial score (nSPS) is 11.7. The minimum Gasteiger partial charge on any atom is -0.497 e. The molecule has 0 saturated carbocycles. The first kappa shape index (κ1) is 15.9. The Labute approximate surface area is 130 Å². The van der Waals surface area contributed by atoms with Gasteiger partial charge in [0.2, 0.25) is 0 Å². The molecule has 0 radical (unpaired) electrons. The van der Waals surface area contributed by atoms with Crippen LogP contribution in [0.3, 0.4) is 0 Å². The second-order valence-electron chi connectivity index (χ2n) is 5.11. The molecule has 0 aliphatic rings. The van der Waals surface area contributed by atoms with Crippen LogP contribution in [0.25, 0.3) is 0 Å². The highest BCUT2D eigenvalue weighted by molar-refractivity contribution is 5.76. The Morgan fingerprint density at radius 1 is 1.05 bits per heavy atom. The van der Waals surface area contributed by atoms with E-state index in [0.29, 0.717) is 18.8 Å². The van der Waals surface area contributed by atoms with E-state index < -0.39 is 11.9 Å². The molecule has 0 spiro atoms. The van der Waals surface area contributed by atoms with E-state index in [9.17, 15) is 9.90 Å². The van der Waals surface area contributed by atoms with Gasteiger partial charge in [-0.3, -0.25) is 4.79 Å². The number of hydrogen-bond acceptors (Lipinski definition) is 3. The molecule has 2 aromatic rings. The van der Waals surface area contributed by atoms with Gasteiger partial charge in [-0.1, -0.05) is 29.8 Å². The number of hydrogen-bond donors (Lipinski definition) is 1. The first-order valence-electron chi connectivity index (χ1n) is 7.16. The molecule has 0 saturated heterocycles. The standard InChI is InChI=1S/C18H20O4/c1-13-3-5-14(6-4-13)17(18(19)20)11-12-22-16-9-7-15(21-2)8-10-16/h3-10,17H,11-12H2,1-2H3,(H,19,20). The monoisotopic (exact) mass is 300 g/mol. The first-order valence-corrected chi connectivity index (χ1v) is 7.16. The fourth-order valence-corrected chi connectivity index (χ4v) is 2.20. The lowest BCUT2D eigenvalue weighted by Crippen LogP contribution is -2.15. The number of benzene rings is 2. The van der Waals surface area contributed by atoms with Crippen LogP contribution >= 0.6 is 0 Å². The summed E-state index contributed by atoms with van der Waals surface area (Å²) in [6, 6.07) is 14.8. The van der Waals surface area contributed by atoms with Crippen molar-refractivity contribution in [2.45, 2.75) is 19.3 Å². The largest absolute Gasteiger partial charge is 0.497 e. The van der Waals surface area contributed by atoms with E-state index in [4.69, 9.17) is 9.47 Å². The summed E-state index contributed by atoms with van der Waals surface area (Å²) in [5.74, 6) is 0.0743. The number of aryl methyl sites for hydroxylation is 1. The Bertz CT molecular complexity index is 602. The molecule has 0 bridgehead atoms. The Morgan fingerprint density at radius 3 is 2.18 bits per heavy atom. The zero-order valence-corrected chi connectivity index (χ0v) is 12.8. The third-order valence-electron chi connectivity index (χ3n) is 3.51. The highest BCUT2D eigenvalue weighted by atomic mass is 16.5. The van der Waals surface area contributed by atoms with Crippen molar-refractivity contribution in [3.05, 3.63) is 59.7 Å². The van der Waals surface area contributed by atoms with Gasteiger partial charge in [0.15, 0.2) is 0 Å². The van der Waals surface area contributed by atoms with Crippen LogP contribution in [0.1, 0.15) is 23.5 Å². The van der Waals surface area contributed by atoms with Crippen LogP contribution < -0.4 is 9.47 Å². The summed E-state index contributed by atoms with van der Waals surface area (Å²) in [5, 5.41) is 9.39. The number of rotatable bonds is 7. The zero-order chi connectivity index (χ0) is 15.9. The third-order valence-corrected chi connectivity index (χ3v) is 3.51. The molecule has 1 N–H and O–H groups in total. The van der Waals surface area contributed by atoms with Gasteiger partial charge in [0.25, 0.3) is 0 Å². The number of methoxy groups -OCH3 is 1. The second-order valence-corrected chi connectivity index (χ2v) is 5.11. The summed E-state index contributed by atoms with van der Waals surface area (Å²) in [7, 11) is 1.61. The van der Waals surface area contributed by atoms with Crippen molar-refractivity contribution in [3.8, 4) is 11.5 Å². The van der Waals surface area contributed by atoms with Crippen molar-refractivity contribution in [3.63, 3.8) is 0 Å². The molecule has 0 aliphatic carbocycles. The summed E-state index contributed by atoms with van der Waals surface area (Å²) in [6.45, 7) is 2.32. The summed E-state index contributed by atoms with van der Waals surface area (Å²) in [5.41, 5.74) is 1.92. The minimum absolute atomic E-state index is 0.344. The van der Waals surface area contributed by atoms with Crippen molar-refractivity contribution in [2.75, 3.05) is 13.7 Å². The van der Waals surface area contributed by atoms with Crippen LogP contribution in [0.4, 0.5) is 0 Å². The van der Waals surface area contributed by atoms with Gasteiger partial charge in [0.05, 0.1) is 19.6 Å². The molecule has 4 heteroatoms. The maximum atomic E-state index is 11.4. The number of carboxylic acids is 1. The second kappa shape index (κ2) is 7.50. The van der Waals surface area contributed by atoms with Crippen molar-refractivity contribution < 1.29 is 19.4 Å². The molecule has 0 amide bonds. The quantitative estimate of drug-likeness (QED) is 0.848. The molecule has 0 fully saturated rings. The van der Waals surface area contributed by atoms with Gasteiger partial charge in [-0.2, -0.15) is 0 Å². The average Bonchev–Trinajstić information content (AvgIpc) is 2.53. The Hall–Kier alpha value is -2.49. The number of carbonyl (C=O) groups is 1. The number of aliphatic carboxylic acids is 1. The maximum absolute atomic E-state index is 11.4. The van der Waals surface area contributed by atoms with Gasteiger partial charge < -0.3 is 14.6 Å². The minimum atomic E-state index is -0.831. The van der Waals surface area contributed by atoms with Gasteiger partial charge in [-0.05, 0) is 43.2 Å². The highest BCUT2D eigenvalue weighted by Crippen LogP contribution is 2.22. The summed E-state index contributed by atoms with van der Waals surface area (Å²) in [6.07, 6.45) is 0.421. The Kier molecular flexibility index (Phi) is 5.42. The van der Waals surface area contributed by atoms with Crippen molar-refractivity contribution in [1.82, 2.24) is 0 Å². The van der Waals surface area contributed by atoms with Crippen LogP contribution in [0.15, 0.2) is 48.5 Å². The molecule has 116 valence electrons. The smallest absolute Gasteiger partial charge is 0.311 e. The van der Waals surface area contributed by atoms with Crippen LogP contribution in [0.2, 0.25) is 0 Å². The van der Waals surface area contributed by atoms with E-state index in [1.54, 1.807) is 19.2 Å². The predicted molar refractivity (Wildman–Crippen MR) is 84.7 cm³/mol. The third kappa shape index (κ3) is 4.25. The topological polar surface area (TPSA) is 55.8 Å². The van der Waals surface area contributed by atoms with Crippen LogP contribution in [0, 0.1) is 6.92 Å². The SMILES string of the molecule is COc1ccc(OCCC(C(=O)O)c2ccc(C)cc2)cc1. The maximum Gasteiger partial charge on any atom is 0.311 e. The molecule has 2 aromatic carbocycles. The Balaban J connectivity index is 1.94. The molecular weight excluding hydrogens is 280 g/mol. The fraction of sp³-hybridized carbons (Fsp3) is 0.278. The zero-order valence-electron chi connectivity index (χ0n) is 12.8. The van der Waals surface area contributed by atoms with E-state index in [1.807, 2.05) is 43.3 Å². The highest BCUT2D eigenvalue weighted by Gasteiger charge is 2.19. The lowest BCUT2D eigenvalue weighted by atomic mass is 9.95. The molecule has 4 nitrogen and oxygen atoms in total. The van der Waals surface area contributed by atoms with Crippen molar-refractivity contribution >= 4 is 5.97 Å². The van der Waals surface area contributed by atoms with E-state index >= 15 is 0 Å². The van der Waals surface area contributed by atoms with Crippen LogP contribution in [-0.2, 0) is 4.79 Å². The van der Waals surface area contributed by atoms with Crippen molar-refractivity contribution in [2.24, 2.45) is 0 Å². The average molecular weight is 300 g/mol. The van der Waals surface area contributed by atoms with Gasteiger partial charge in [-0.25, -0.2) is 0 Å². The fourth-order valence-electron chi connectivity index (χ4n) is 2.20. The van der Waals surface area contributed by atoms with Gasteiger partial charge >= 0.3 is 5.97 Å². The molecule has 0 aliphatic heterocycles. The summed E-state index contributed by atoms with van der Waals surface area (Å²) < 4.78 is 10.7. The molecular formula is C18H20O4. The Morgan fingerprint density at radius 2 is 1.64 bits per heavy atom. The summed E-state index contributed by atoms with van der Waals surface area (Å²) >= 11 is 0. The first-order chi connectivity index (χ1) is 10.6. The van der Waals surface area contributed by atoms with Gasteiger partial charge in [0, 0.05) is 0 Å². The van der Waals surface area contributed by atoms with Crippen LogP contribution in [0.5, 0.6) is 11.5 Å². The van der Waals surface area contributed by atoms with Gasteiger partial charge in [-0.15, -0.1) is 0 Å². The molecule has 0 aromatic heterocycles. The van der Waals surface area contributed by atoms with Crippen molar-refractivity contribution in [1.29, 1.82) is 0 Å². The lowest BCUT2D eigenvalue weighted by Gasteiger charge is -2.14. The molecule has 0 heterocycles. The number of carboxylic acid groups (broad SMARTS) is 1. The predicted octanol–water partition coefficient (Wildman–Crippen LogP) is 3.64. The lowest BCUT2D eigenvalue weighted by molar-refractivity contribution is -0.139. The van der Waals surface area contributed by atoms with E-state index in [-0.39, 0.29) is 0 Å². The summed E-state index contributed by atoms with van der Waals surface area (Å²) in [4.78, 5) is 11.4. The van der Waals surface area contributed by atoms with E-state index in [0.717, 1.165) is 16.9 Å². The molecule has 1 atom stereocenters. The van der Waals surface area contributed by atoms with Gasteiger partial charge in [0.1, 0.15) is 11.5 Å². The number of ether oxygens (including phenoxy) is 2. The van der Waals surface area contributed by atoms with Crippen LogP contribution in [-0.4, -0.2) is 24.8 Å². The molecule has 1 unspecified atom stereocenters.